The summed E-state index contributed by atoms with van der Waals surface area (Å²) in [6, 6.07) is 0. The predicted molar refractivity (Wildman–Crippen MR) is 102 cm³/mol. The van der Waals surface area contributed by atoms with E-state index < -0.39 is 5.60 Å². The molecule has 4 rings (SSSR count). The van der Waals surface area contributed by atoms with E-state index in [-0.39, 0.29) is 21.2 Å². The minimum absolute atomic E-state index is 0.0908. The van der Waals surface area contributed by atoms with Crippen LogP contribution in [0, 0.1) is 6.92 Å². The molecule has 2 unspecified atom stereocenters. The van der Waals surface area contributed by atoms with E-state index in [0.29, 0.717) is 13.1 Å². The number of aryl methyl sites for hydroxylation is 1. The molecule has 1 saturated carbocycles. The number of rotatable bonds is 0. The van der Waals surface area contributed by atoms with Gasteiger partial charge in [-0.3, -0.25) is 4.68 Å². The standard InChI is InChI=1S/C18H26IN3O3/c1-12-9-20-22-14(12)18(24-11-17(22)5-6-17)7-8-21(10-13(18)19)15(23)25-16(2,3)4/h9,13H,5-8,10-11H2,1-4H3. The van der Waals surface area contributed by atoms with Crippen LogP contribution >= 0.6 is 22.6 Å². The van der Waals surface area contributed by atoms with Gasteiger partial charge in [-0.05, 0) is 46.1 Å². The van der Waals surface area contributed by atoms with Crippen LogP contribution in [0.15, 0.2) is 6.20 Å². The maximum Gasteiger partial charge on any atom is 0.410 e. The highest BCUT2D eigenvalue weighted by molar-refractivity contribution is 14.1. The molecular formula is C18H26IN3O3. The average Bonchev–Trinajstić information content (AvgIpc) is 3.18. The number of likely N-dealkylation sites (tertiary alicyclic amines) is 1. The van der Waals surface area contributed by atoms with Crippen molar-refractivity contribution < 1.29 is 14.3 Å². The lowest BCUT2D eigenvalue weighted by atomic mass is 9.84. The number of hydrogen-bond donors (Lipinski definition) is 0. The summed E-state index contributed by atoms with van der Waals surface area (Å²) in [4.78, 5) is 14.3. The van der Waals surface area contributed by atoms with E-state index in [1.54, 1.807) is 0 Å². The van der Waals surface area contributed by atoms with Gasteiger partial charge in [0.25, 0.3) is 0 Å². The Balaban J connectivity index is 1.59. The Morgan fingerprint density at radius 3 is 2.72 bits per heavy atom. The van der Waals surface area contributed by atoms with Crippen molar-refractivity contribution in [3.63, 3.8) is 0 Å². The molecule has 7 heteroatoms. The lowest BCUT2D eigenvalue weighted by Gasteiger charge is -2.49. The van der Waals surface area contributed by atoms with Crippen molar-refractivity contribution >= 4 is 28.7 Å². The van der Waals surface area contributed by atoms with Crippen molar-refractivity contribution in [2.24, 2.45) is 0 Å². The summed E-state index contributed by atoms with van der Waals surface area (Å²) in [5.74, 6) is 0. The van der Waals surface area contributed by atoms with Gasteiger partial charge in [0.1, 0.15) is 11.2 Å². The second-order valence-electron chi connectivity index (χ2n) is 8.63. The fraction of sp³-hybridized carbons (Fsp3) is 0.778. The molecule has 2 aliphatic heterocycles. The zero-order valence-corrected chi connectivity index (χ0v) is 17.5. The number of hydrogen-bond acceptors (Lipinski definition) is 4. The van der Waals surface area contributed by atoms with Gasteiger partial charge in [-0.15, -0.1) is 0 Å². The Kier molecular flexibility index (Phi) is 3.92. The fourth-order valence-electron chi connectivity index (χ4n) is 4.01. The third-order valence-electron chi connectivity index (χ3n) is 5.52. The topological polar surface area (TPSA) is 56.6 Å². The molecule has 3 heterocycles. The summed E-state index contributed by atoms with van der Waals surface area (Å²) in [5.41, 5.74) is 1.68. The molecule has 1 aliphatic carbocycles. The van der Waals surface area contributed by atoms with Crippen molar-refractivity contribution in [2.75, 3.05) is 19.7 Å². The van der Waals surface area contributed by atoms with E-state index in [2.05, 4.69) is 39.3 Å². The minimum Gasteiger partial charge on any atom is -0.444 e. The van der Waals surface area contributed by atoms with Gasteiger partial charge in [0.2, 0.25) is 0 Å². The van der Waals surface area contributed by atoms with Crippen molar-refractivity contribution in [2.45, 2.75) is 67.6 Å². The van der Waals surface area contributed by atoms with Crippen LogP contribution in [0.5, 0.6) is 0 Å². The van der Waals surface area contributed by atoms with Gasteiger partial charge in [-0.2, -0.15) is 5.10 Å². The Labute approximate surface area is 162 Å². The van der Waals surface area contributed by atoms with Gasteiger partial charge in [0.05, 0.1) is 28.0 Å². The van der Waals surface area contributed by atoms with E-state index in [9.17, 15) is 4.79 Å². The second-order valence-corrected chi connectivity index (χ2v) is 10.1. The summed E-state index contributed by atoms with van der Waals surface area (Å²) >= 11 is 2.44. The highest BCUT2D eigenvalue weighted by Crippen LogP contribution is 2.54. The third-order valence-corrected chi connectivity index (χ3v) is 6.92. The summed E-state index contributed by atoms with van der Waals surface area (Å²) in [6.45, 7) is 9.83. The molecule has 0 aromatic carbocycles. The first kappa shape index (κ1) is 17.6. The number of carbonyl (C=O) groups excluding carboxylic acids is 1. The SMILES string of the molecule is Cc1cnn2c1C1(CCN(C(=O)OC(C)(C)C)CC1I)OCC21CC1. The molecule has 2 spiro atoms. The van der Waals surface area contributed by atoms with Crippen LogP contribution in [0.25, 0.3) is 0 Å². The number of piperidine rings is 1. The number of carbonyl (C=O) groups is 1. The molecular weight excluding hydrogens is 433 g/mol. The molecule has 3 aliphatic rings. The van der Waals surface area contributed by atoms with Crippen molar-refractivity contribution in [1.82, 2.24) is 14.7 Å². The normalized spacial score (nSPS) is 30.4. The van der Waals surface area contributed by atoms with Gasteiger partial charge >= 0.3 is 6.09 Å². The number of fused-ring (bicyclic) bond motifs is 3. The molecule has 1 amide bonds. The van der Waals surface area contributed by atoms with Gasteiger partial charge in [0.15, 0.2) is 0 Å². The van der Waals surface area contributed by atoms with Crippen molar-refractivity contribution in [1.29, 1.82) is 0 Å². The maximum absolute atomic E-state index is 12.4. The number of ether oxygens (including phenoxy) is 2. The van der Waals surface area contributed by atoms with Crippen LogP contribution < -0.4 is 0 Å². The van der Waals surface area contributed by atoms with Crippen LogP contribution in [0.1, 0.15) is 51.3 Å². The summed E-state index contributed by atoms with van der Waals surface area (Å²) in [6.07, 6.45) is 4.81. The van der Waals surface area contributed by atoms with Gasteiger partial charge < -0.3 is 14.4 Å². The van der Waals surface area contributed by atoms with E-state index in [0.717, 1.165) is 25.9 Å². The van der Waals surface area contributed by atoms with E-state index in [4.69, 9.17) is 9.47 Å². The zero-order valence-electron chi connectivity index (χ0n) is 15.3. The minimum atomic E-state index is -0.470. The smallest absolute Gasteiger partial charge is 0.410 e. The quantitative estimate of drug-likeness (QED) is 0.441. The largest absolute Gasteiger partial charge is 0.444 e. The molecule has 2 atom stereocenters. The molecule has 1 saturated heterocycles. The Morgan fingerprint density at radius 2 is 2.12 bits per heavy atom. The summed E-state index contributed by atoms with van der Waals surface area (Å²) in [7, 11) is 0. The summed E-state index contributed by atoms with van der Waals surface area (Å²) in [5, 5.41) is 4.69. The fourth-order valence-corrected chi connectivity index (χ4v) is 5.27. The molecule has 0 radical (unpaired) electrons. The van der Waals surface area contributed by atoms with E-state index >= 15 is 0 Å². The van der Waals surface area contributed by atoms with E-state index in [1.807, 2.05) is 31.9 Å². The number of nitrogens with zero attached hydrogens (tertiary/aromatic N) is 3. The second kappa shape index (κ2) is 5.58. The summed E-state index contributed by atoms with van der Waals surface area (Å²) < 4.78 is 14.5. The molecule has 0 N–H and O–H groups in total. The lowest BCUT2D eigenvalue weighted by molar-refractivity contribution is -0.122. The van der Waals surface area contributed by atoms with Crippen LogP contribution in [0.4, 0.5) is 4.79 Å². The Morgan fingerprint density at radius 1 is 1.40 bits per heavy atom. The van der Waals surface area contributed by atoms with Crippen molar-refractivity contribution in [3.8, 4) is 0 Å². The number of amides is 1. The number of alkyl halides is 1. The number of halogens is 1. The molecule has 138 valence electrons. The predicted octanol–water partition coefficient (Wildman–Crippen LogP) is 3.35. The van der Waals surface area contributed by atoms with Crippen LogP contribution in [0.3, 0.4) is 0 Å². The highest BCUT2D eigenvalue weighted by atomic mass is 127. The van der Waals surface area contributed by atoms with Crippen molar-refractivity contribution in [3.05, 3.63) is 17.5 Å². The van der Waals surface area contributed by atoms with Gasteiger partial charge in [0, 0.05) is 19.5 Å². The third kappa shape index (κ3) is 2.78. The molecule has 2 fully saturated rings. The lowest BCUT2D eigenvalue weighted by Crippen LogP contribution is -2.58. The van der Waals surface area contributed by atoms with E-state index in [1.165, 1.54) is 11.3 Å². The molecule has 6 nitrogen and oxygen atoms in total. The first-order valence-corrected chi connectivity index (χ1v) is 10.2. The number of aromatic nitrogens is 2. The van der Waals surface area contributed by atoms with Gasteiger partial charge in [-0.1, -0.05) is 22.6 Å². The Bertz CT molecular complexity index is 707. The monoisotopic (exact) mass is 459 g/mol. The van der Waals surface area contributed by atoms with Crippen LogP contribution in [0.2, 0.25) is 0 Å². The van der Waals surface area contributed by atoms with Crippen LogP contribution in [-0.4, -0.2) is 50.0 Å². The molecule has 0 bridgehead atoms. The zero-order chi connectivity index (χ0) is 18.0. The maximum atomic E-state index is 12.4. The van der Waals surface area contributed by atoms with Crippen LogP contribution in [-0.2, 0) is 20.6 Å². The first-order chi connectivity index (χ1) is 11.7. The molecule has 1 aromatic heterocycles. The molecule has 1 aromatic rings. The Hall–Kier alpha value is -0.830. The first-order valence-electron chi connectivity index (χ1n) is 8.98. The molecule has 25 heavy (non-hydrogen) atoms. The highest BCUT2D eigenvalue weighted by Gasteiger charge is 2.59. The average molecular weight is 459 g/mol. The van der Waals surface area contributed by atoms with Gasteiger partial charge in [-0.25, -0.2) is 4.79 Å².